The first kappa shape index (κ1) is 21.2. The molecule has 0 aliphatic heterocycles. The van der Waals surface area contributed by atoms with Gasteiger partial charge in [0.15, 0.2) is 0 Å². The Morgan fingerprint density at radius 1 is 0.821 bits per heavy atom. The van der Waals surface area contributed by atoms with Crippen LogP contribution < -0.4 is 0 Å². The van der Waals surface area contributed by atoms with E-state index in [0.717, 1.165) is 54.3 Å². The molecule has 1 heteroatoms. The molecule has 0 bridgehead atoms. The van der Waals surface area contributed by atoms with E-state index in [2.05, 4.69) is 34.6 Å². The average molecular weight is 389 g/mol. The maximum Gasteiger partial charge on any atom is 0.0543 e. The summed E-state index contributed by atoms with van der Waals surface area (Å²) in [6, 6.07) is 0. The van der Waals surface area contributed by atoms with Crippen LogP contribution in [0.1, 0.15) is 112 Å². The third-order valence-electron chi connectivity index (χ3n) is 10.8. The Balaban J connectivity index is 1.46. The molecular weight excluding hydrogens is 340 g/mol. The molecule has 162 valence electrons. The minimum absolute atomic E-state index is 0.00830. The van der Waals surface area contributed by atoms with E-state index in [1.54, 1.807) is 0 Å². The molecule has 0 saturated heterocycles. The lowest BCUT2D eigenvalue weighted by molar-refractivity contribution is -0.129. The van der Waals surface area contributed by atoms with Gasteiger partial charge in [0.1, 0.15) is 0 Å². The first-order chi connectivity index (χ1) is 13.3. The topological polar surface area (TPSA) is 20.2 Å². The lowest BCUT2D eigenvalue weighted by Crippen LogP contribution is -2.54. The van der Waals surface area contributed by atoms with Gasteiger partial charge < -0.3 is 5.11 Å². The predicted molar refractivity (Wildman–Crippen MR) is 119 cm³/mol. The fourth-order valence-electron chi connectivity index (χ4n) is 9.26. The Labute approximate surface area is 175 Å². The summed E-state index contributed by atoms with van der Waals surface area (Å²) in [5.41, 5.74) is 1.15. The van der Waals surface area contributed by atoms with Crippen LogP contribution in [-0.2, 0) is 0 Å². The number of rotatable bonds is 5. The molecule has 1 nitrogen and oxygen atoms in total. The van der Waals surface area contributed by atoms with E-state index < -0.39 is 0 Å². The summed E-state index contributed by atoms with van der Waals surface area (Å²) in [4.78, 5) is 0. The smallest absolute Gasteiger partial charge is 0.0543 e. The molecule has 8 unspecified atom stereocenters. The van der Waals surface area contributed by atoms with Crippen LogP contribution in [0.4, 0.5) is 0 Å². The molecule has 0 aromatic carbocycles. The van der Waals surface area contributed by atoms with Gasteiger partial charge in [-0.2, -0.15) is 0 Å². The van der Waals surface area contributed by atoms with Gasteiger partial charge in [-0.25, -0.2) is 0 Å². The molecule has 1 N–H and O–H groups in total. The molecule has 9 atom stereocenters. The van der Waals surface area contributed by atoms with E-state index in [4.69, 9.17) is 0 Å². The summed E-state index contributed by atoms with van der Waals surface area (Å²) in [6.07, 6.45) is 16.6. The highest BCUT2D eigenvalue weighted by molar-refractivity contribution is 5.09. The van der Waals surface area contributed by atoms with Crippen LogP contribution in [0.2, 0.25) is 0 Å². The van der Waals surface area contributed by atoms with Gasteiger partial charge in [-0.15, -0.1) is 0 Å². The highest BCUT2D eigenvalue weighted by Crippen LogP contribution is 2.68. The van der Waals surface area contributed by atoms with Crippen LogP contribution in [0, 0.1) is 52.3 Å². The van der Waals surface area contributed by atoms with Gasteiger partial charge in [0.05, 0.1) is 6.10 Å². The average Bonchev–Trinajstić information content (AvgIpc) is 2.99. The Morgan fingerprint density at radius 3 is 2.29 bits per heavy atom. The van der Waals surface area contributed by atoms with Crippen molar-refractivity contribution < 1.29 is 5.11 Å². The fourth-order valence-corrected chi connectivity index (χ4v) is 9.26. The van der Waals surface area contributed by atoms with Gasteiger partial charge in [-0.3, -0.25) is 0 Å². The van der Waals surface area contributed by atoms with E-state index in [1.165, 1.54) is 64.2 Å². The molecule has 0 amide bonds. The Kier molecular flexibility index (Phi) is 5.98. The molecule has 4 aliphatic carbocycles. The van der Waals surface area contributed by atoms with E-state index in [1.807, 2.05) is 0 Å². The second kappa shape index (κ2) is 7.90. The molecule has 0 aromatic heterocycles. The molecule has 0 spiro atoms. The summed E-state index contributed by atoms with van der Waals surface area (Å²) in [6.45, 7) is 12.7. The van der Waals surface area contributed by atoms with E-state index in [-0.39, 0.29) is 6.10 Å². The van der Waals surface area contributed by atoms with Crippen LogP contribution in [0.3, 0.4) is 0 Å². The summed E-state index contributed by atoms with van der Waals surface area (Å²) in [7, 11) is 0. The second-order valence-corrected chi connectivity index (χ2v) is 12.6. The Morgan fingerprint density at radius 2 is 1.54 bits per heavy atom. The van der Waals surface area contributed by atoms with Crippen molar-refractivity contribution in [1.29, 1.82) is 0 Å². The van der Waals surface area contributed by atoms with Crippen molar-refractivity contribution >= 4 is 0 Å². The molecule has 4 saturated carbocycles. The summed E-state index contributed by atoms with van der Waals surface area (Å²) in [5, 5.41) is 10.3. The van der Waals surface area contributed by atoms with Gasteiger partial charge in [0.25, 0.3) is 0 Å². The molecule has 0 aromatic rings. The monoisotopic (exact) mass is 388 g/mol. The number of hydrogen-bond acceptors (Lipinski definition) is 1. The highest BCUT2D eigenvalue weighted by Gasteiger charge is 2.60. The van der Waals surface area contributed by atoms with Gasteiger partial charge in [0, 0.05) is 0 Å². The van der Waals surface area contributed by atoms with Crippen LogP contribution >= 0.6 is 0 Å². The molecule has 28 heavy (non-hydrogen) atoms. The van der Waals surface area contributed by atoms with Crippen LogP contribution in [0.15, 0.2) is 0 Å². The Hall–Kier alpha value is -0.0400. The SMILES string of the molecule is CC(C)CCC[C@@H](C)C1CCC2C3CCC4CC(O)CCC4(C)C3CCC21C. The highest BCUT2D eigenvalue weighted by atomic mass is 16.3. The zero-order valence-corrected chi connectivity index (χ0v) is 19.6. The van der Waals surface area contributed by atoms with Gasteiger partial charge in [-0.1, -0.05) is 53.9 Å². The van der Waals surface area contributed by atoms with Crippen LogP contribution in [0.5, 0.6) is 0 Å². The third kappa shape index (κ3) is 3.50. The third-order valence-corrected chi connectivity index (χ3v) is 10.8. The second-order valence-electron chi connectivity index (χ2n) is 12.6. The molecule has 0 radical (unpaired) electrons. The first-order valence-electron chi connectivity index (χ1n) is 12.9. The van der Waals surface area contributed by atoms with Crippen molar-refractivity contribution in [2.45, 2.75) is 118 Å². The molecular formula is C27H48O. The zero-order chi connectivity index (χ0) is 20.1. The van der Waals surface area contributed by atoms with Gasteiger partial charge >= 0.3 is 0 Å². The quantitative estimate of drug-likeness (QED) is 0.518. The maximum atomic E-state index is 10.3. The number of aliphatic hydroxyl groups excluding tert-OH is 1. The normalized spacial score (nSPS) is 49.4. The predicted octanol–water partition coefficient (Wildman–Crippen LogP) is 7.47. The van der Waals surface area contributed by atoms with E-state index in [0.29, 0.717) is 10.8 Å². The maximum absolute atomic E-state index is 10.3. The van der Waals surface area contributed by atoms with Crippen molar-refractivity contribution in [3.05, 3.63) is 0 Å². The zero-order valence-electron chi connectivity index (χ0n) is 19.6. The molecule has 0 heterocycles. The number of hydrogen-bond donors (Lipinski definition) is 1. The fraction of sp³-hybridized carbons (Fsp3) is 1.00. The lowest BCUT2D eigenvalue weighted by atomic mass is 9.44. The summed E-state index contributed by atoms with van der Waals surface area (Å²) >= 11 is 0. The minimum Gasteiger partial charge on any atom is -0.393 e. The first-order valence-corrected chi connectivity index (χ1v) is 12.9. The van der Waals surface area contributed by atoms with E-state index in [9.17, 15) is 5.11 Å². The molecule has 4 rings (SSSR count). The van der Waals surface area contributed by atoms with Crippen molar-refractivity contribution in [2.75, 3.05) is 0 Å². The van der Waals surface area contributed by atoms with Crippen LogP contribution in [-0.4, -0.2) is 11.2 Å². The number of fused-ring (bicyclic) bond motifs is 5. The summed E-state index contributed by atoms with van der Waals surface area (Å²) < 4.78 is 0. The summed E-state index contributed by atoms with van der Waals surface area (Å²) in [5.74, 6) is 6.49. The number of aliphatic hydroxyl groups is 1. The van der Waals surface area contributed by atoms with Crippen molar-refractivity contribution in [2.24, 2.45) is 52.3 Å². The Bertz CT molecular complexity index is 540. The van der Waals surface area contributed by atoms with Crippen LogP contribution in [0.25, 0.3) is 0 Å². The van der Waals surface area contributed by atoms with E-state index >= 15 is 0 Å². The lowest BCUT2D eigenvalue weighted by Gasteiger charge is -2.61. The largest absolute Gasteiger partial charge is 0.393 e. The standard InChI is InChI=1S/C27H48O/c1-18(2)7-6-8-19(3)23-11-12-24-22-10-9-20-17-21(28)13-15-26(20,4)25(22)14-16-27(23,24)5/h18-25,28H,6-17H2,1-5H3/t19-,20?,21?,22?,23?,24?,25?,26?,27?/m1/s1. The molecule has 4 fully saturated rings. The van der Waals surface area contributed by atoms with Crippen molar-refractivity contribution in [3.63, 3.8) is 0 Å². The molecule has 4 aliphatic rings. The minimum atomic E-state index is -0.00830. The van der Waals surface area contributed by atoms with Gasteiger partial charge in [-0.05, 0) is 110 Å². The van der Waals surface area contributed by atoms with Gasteiger partial charge in [0.2, 0.25) is 0 Å². The van der Waals surface area contributed by atoms with Crippen molar-refractivity contribution in [3.8, 4) is 0 Å². The van der Waals surface area contributed by atoms with Crippen molar-refractivity contribution in [1.82, 2.24) is 0 Å².